The summed E-state index contributed by atoms with van der Waals surface area (Å²) in [5.41, 5.74) is 1.13. The van der Waals surface area contributed by atoms with Gasteiger partial charge in [0.1, 0.15) is 5.76 Å². The van der Waals surface area contributed by atoms with E-state index in [9.17, 15) is 9.59 Å². The van der Waals surface area contributed by atoms with Crippen LogP contribution in [0.25, 0.3) is 0 Å². The number of rotatable bonds is 7. The molecule has 0 aromatic rings. The molecule has 0 atom stereocenters. The third kappa shape index (κ3) is 4.32. The summed E-state index contributed by atoms with van der Waals surface area (Å²) >= 11 is 0. The zero-order valence-corrected chi connectivity index (χ0v) is 13.3. The number of ether oxygens (including phenoxy) is 1. The van der Waals surface area contributed by atoms with E-state index in [2.05, 4.69) is 0 Å². The van der Waals surface area contributed by atoms with Crippen molar-refractivity contribution in [2.45, 2.75) is 53.9 Å². The second kappa shape index (κ2) is 7.41. The van der Waals surface area contributed by atoms with Gasteiger partial charge in [0.05, 0.1) is 6.61 Å². The van der Waals surface area contributed by atoms with Crippen molar-refractivity contribution in [2.24, 2.45) is 11.8 Å². The van der Waals surface area contributed by atoms with Crippen LogP contribution in [0.2, 0.25) is 0 Å². The van der Waals surface area contributed by atoms with Crippen LogP contribution < -0.4 is 0 Å². The van der Waals surface area contributed by atoms with E-state index >= 15 is 0 Å². The first-order valence-corrected chi connectivity index (χ1v) is 7.52. The Morgan fingerprint density at radius 2 is 1.60 bits per heavy atom. The van der Waals surface area contributed by atoms with Crippen LogP contribution in [0.5, 0.6) is 0 Å². The number of carbonyl (C=O) groups excluding carboxylic acids is 2. The van der Waals surface area contributed by atoms with Crippen LogP contribution in [0.3, 0.4) is 0 Å². The first kappa shape index (κ1) is 16.7. The fourth-order valence-electron chi connectivity index (χ4n) is 2.24. The van der Waals surface area contributed by atoms with Crippen LogP contribution in [0.1, 0.15) is 53.9 Å². The Balaban J connectivity index is 3.13. The lowest BCUT2D eigenvalue weighted by atomic mass is 9.86. The van der Waals surface area contributed by atoms with E-state index in [0.29, 0.717) is 48.2 Å². The molecule has 3 nitrogen and oxygen atoms in total. The molecule has 0 aliphatic heterocycles. The smallest absolute Gasteiger partial charge is 0.232 e. The minimum absolute atomic E-state index is 0.321. The summed E-state index contributed by atoms with van der Waals surface area (Å²) in [6.07, 6.45) is 3.89. The molecular weight excluding hydrogens is 252 g/mol. The number of hydrogen-bond donors (Lipinski definition) is 0. The van der Waals surface area contributed by atoms with E-state index in [1.165, 1.54) is 0 Å². The van der Waals surface area contributed by atoms with Crippen molar-refractivity contribution in [3.05, 3.63) is 23.0 Å². The highest BCUT2D eigenvalue weighted by Gasteiger charge is 2.31. The van der Waals surface area contributed by atoms with Gasteiger partial charge in [0, 0.05) is 11.1 Å². The van der Waals surface area contributed by atoms with Crippen molar-refractivity contribution < 1.29 is 14.3 Å². The van der Waals surface area contributed by atoms with E-state index in [4.69, 9.17) is 4.74 Å². The maximum atomic E-state index is 12.3. The molecule has 1 aliphatic carbocycles. The fourth-order valence-corrected chi connectivity index (χ4v) is 2.24. The molecule has 112 valence electrons. The molecule has 0 heterocycles. The van der Waals surface area contributed by atoms with Crippen molar-refractivity contribution in [3.63, 3.8) is 0 Å². The second-order valence-corrected chi connectivity index (χ2v) is 6.22. The van der Waals surface area contributed by atoms with Gasteiger partial charge in [-0.3, -0.25) is 9.59 Å². The first-order valence-electron chi connectivity index (χ1n) is 7.52. The molecular formula is C17H26O3. The van der Waals surface area contributed by atoms with Crippen LogP contribution in [0.4, 0.5) is 0 Å². The predicted molar refractivity (Wildman–Crippen MR) is 80.3 cm³/mol. The number of allylic oxidation sites excluding steroid dienone is 3. The third-order valence-corrected chi connectivity index (χ3v) is 3.08. The average Bonchev–Trinajstić information content (AvgIpc) is 2.36. The standard InChI is InChI=1S/C17H26O3/c1-6-7-20-15-10-13(8-11(2)3)16(18)17(19)14(15)9-12(4)5/h10-12H,6-9H2,1-5H3. The molecule has 0 unspecified atom stereocenters. The Bertz CT molecular complexity index is 439. The minimum Gasteiger partial charge on any atom is -0.493 e. The quantitative estimate of drug-likeness (QED) is 0.525. The van der Waals surface area contributed by atoms with Crippen LogP contribution >= 0.6 is 0 Å². The molecule has 0 bridgehead atoms. The Labute approximate surface area is 122 Å². The van der Waals surface area contributed by atoms with Gasteiger partial charge in [-0.15, -0.1) is 0 Å². The highest BCUT2D eigenvalue weighted by molar-refractivity contribution is 6.50. The third-order valence-electron chi connectivity index (χ3n) is 3.08. The van der Waals surface area contributed by atoms with Gasteiger partial charge in [0.25, 0.3) is 0 Å². The summed E-state index contributed by atoms with van der Waals surface area (Å²) in [5.74, 6) is 0.557. The highest BCUT2D eigenvalue weighted by atomic mass is 16.5. The SMILES string of the molecule is CCCOC1=C(CC(C)C)C(=O)C(=O)C(CC(C)C)=C1. The Morgan fingerprint density at radius 1 is 1.00 bits per heavy atom. The number of ketones is 2. The molecule has 0 saturated heterocycles. The van der Waals surface area contributed by atoms with Crippen molar-refractivity contribution in [2.75, 3.05) is 6.61 Å². The van der Waals surface area contributed by atoms with Gasteiger partial charge in [-0.05, 0) is 37.2 Å². The molecule has 0 N–H and O–H groups in total. The van der Waals surface area contributed by atoms with E-state index in [1.54, 1.807) is 6.08 Å². The Kier molecular flexibility index (Phi) is 6.18. The number of hydrogen-bond acceptors (Lipinski definition) is 3. The fraction of sp³-hybridized carbons (Fsp3) is 0.647. The monoisotopic (exact) mass is 278 g/mol. The predicted octanol–water partition coefficient (Wildman–Crippen LogP) is 3.84. The van der Waals surface area contributed by atoms with Gasteiger partial charge in [0.15, 0.2) is 0 Å². The van der Waals surface area contributed by atoms with Crippen molar-refractivity contribution in [3.8, 4) is 0 Å². The molecule has 0 spiro atoms. The van der Waals surface area contributed by atoms with Crippen molar-refractivity contribution in [1.82, 2.24) is 0 Å². The van der Waals surface area contributed by atoms with E-state index in [1.807, 2.05) is 34.6 Å². The first-order chi connectivity index (χ1) is 9.36. The molecule has 0 amide bonds. The van der Waals surface area contributed by atoms with Crippen LogP contribution in [0.15, 0.2) is 23.0 Å². The Morgan fingerprint density at radius 3 is 2.10 bits per heavy atom. The van der Waals surface area contributed by atoms with Crippen LogP contribution in [-0.2, 0) is 14.3 Å². The zero-order valence-electron chi connectivity index (χ0n) is 13.3. The topological polar surface area (TPSA) is 43.4 Å². The minimum atomic E-state index is -0.372. The van der Waals surface area contributed by atoms with E-state index in [0.717, 1.165) is 6.42 Å². The number of Topliss-reactive ketones (excluding diaryl/α,β-unsaturated/α-hetero) is 2. The summed E-state index contributed by atoms with van der Waals surface area (Å²) in [7, 11) is 0. The molecule has 20 heavy (non-hydrogen) atoms. The van der Waals surface area contributed by atoms with Gasteiger partial charge in [-0.1, -0.05) is 34.6 Å². The second-order valence-electron chi connectivity index (χ2n) is 6.22. The molecule has 0 saturated carbocycles. The molecule has 0 fully saturated rings. The molecule has 0 radical (unpaired) electrons. The van der Waals surface area contributed by atoms with Gasteiger partial charge < -0.3 is 4.74 Å². The molecule has 3 heteroatoms. The summed E-state index contributed by atoms with van der Waals surface area (Å²) in [6, 6.07) is 0. The maximum absolute atomic E-state index is 12.3. The van der Waals surface area contributed by atoms with Gasteiger partial charge in [-0.25, -0.2) is 0 Å². The summed E-state index contributed by atoms with van der Waals surface area (Å²) < 4.78 is 5.71. The molecule has 1 aliphatic rings. The molecule has 1 rings (SSSR count). The summed E-state index contributed by atoms with van der Waals surface area (Å²) in [5, 5.41) is 0. The largest absolute Gasteiger partial charge is 0.493 e. The van der Waals surface area contributed by atoms with E-state index < -0.39 is 0 Å². The van der Waals surface area contributed by atoms with Gasteiger partial charge >= 0.3 is 0 Å². The molecule has 0 aromatic heterocycles. The van der Waals surface area contributed by atoms with Crippen LogP contribution in [-0.4, -0.2) is 18.2 Å². The Hall–Kier alpha value is -1.38. The maximum Gasteiger partial charge on any atom is 0.232 e. The number of carbonyl (C=O) groups is 2. The lowest BCUT2D eigenvalue weighted by molar-refractivity contribution is -0.132. The summed E-state index contributed by atoms with van der Waals surface area (Å²) in [4.78, 5) is 24.5. The highest BCUT2D eigenvalue weighted by Crippen LogP contribution is 2.28. The lowest BCUT2D eigenvalue weighted by Gasteiger charge is -2.20. The average molecular weight is 278 g/mol. The van der Waals surface area contributed by atoms with Crippen molar-refractivity contribution in [1.29, 1.82) is 0 Å². The van der Waals surface area contributed by atoms with Gasteiger partial charge in [0.2, 0.25) is 11.6 Å². The summed E-state index contributed by atoms with van der Waals surface area (Å²) in [6.45, 7) is 10.8. The molecule has 0 aromatic carbocycles. The van der Waals surface area contributed by atoms with Crippen LogP contribution in [0, 0.1) is 11.8 Å². The van der Waals surface area contributed by atoms with E-state index in [-0.39, 0.29) is 11.6 Å². The normalized spacial score (nSPS) is 16.2. The van der Waals surface area contributed by atoms with Crippen molar-refractivity contribution >= 4 is 11.6 Å². The van der Waals surface area contributed by atoms with Gasteiger partial charge in [-0.2, -0.15) is 0 Å². The zero-order chi connectivity index (χ0) is 15.3. The lowest BCUT2D eigenvalue weighted by Crippen LogP contribution is -2.26.